The predicted molar refractivity (Wildman–Crippen MR) is 68.7 cm³/mol. The molecule has 0 spiro atoms. The van der Waals surface area contributed by atoms with E-state index >= 15 is 0 Å². The number of aromatic nitrogens is 2. The number of halogens is 1. The van der Waals surface area contributed by atoms with Crippen LogP contribution in [-0.2, 0) is 4.74 Å². The van der Waals surface area contributed by atoms with Crippen molar-refractivity contribution in [3.63, 3.8) is 0 Å². The summed E-state index contributed by atoms with van der Waals surface area (Å²) in [6.07, 6.45) is 0. The summed E-state index contributed by atoms with van der Waals surface area (Å²) >= 11 is 0. The van der Waals surface area contributed by atoms with Crippen LogP contribution >= 0.6 is 0 Å². The van der Waals surface area contributed by atoms with Crippen molar-refractivity contribution in [2.75, 3.05) is 12.8 Å². The van der Waals surface area contributed by atoms with E-state index in [9.17, 15) is 9.18 Å². The molecule has 0 unspecified atom stereocenters. The maximum absolute atomic E-state index is 13.6. The average Bonchev–Trinajstić information content (AvgIpc) is 2.73. The number of rotatable bonds is 2. The third-order valence-electron chi connectivity index (χ3n) is 2.80. The molecule has 1 aromatic carbocycles. The van der Waals surface area contributed by atoms with Crippen molar-refractivity contribution in [2.24, 2.45) is 0 Å². The second kappa shape index (κ2) is 5.01. The predicted octanol–water partition coefficient (Wildman–Crippen LogP) is 1.56. The number of nitriles is 1. The van der Waals surface area contributed by atoms with E-state index in [1.807, 2.05) is 0 Å². The van der Waals surface area contributed by atoms with Gasteiger partial charge in [0.15, 0.2) is 5.69 Å². The van der Waals surface area contributed by atoms with Crippen LogP contribution in [0.15, 0.2) is 18.2 Å². The largest absolute Gasteiger partial charge is 0.464 e. The molecule has 0 aliphatic rings. The average molecular weight is 274 g/mol. The van der Waals surface area contributed by atoms with Crippen LogP contribution < -0.4 is 5.73 Å². The zero-order valence-electron chi connectivity index (χ0n) is 10.8. The summed E-state index contributed by atoms with van der Waals surface area (Å²) in [6.45, 7) is 1.59. The van der Waals surface area contributed by atoms with Crippen LogP contribution in [0.3, 0.4) is 0 Å². The molecule has 0 aliphatic heterocycles. The number of esters is 1. The van der Waals surface area contributed by atoms with Crippen molar-refractivity contribution in [1.29, 1.82) is 5.26 Å². The quantitative estimate of drug-likeness (QED) is 0.839. The number of nitrogen functional groups attached to an aromatic ring is 1. The number of ether oxygens (including phenoxy) is 1. The molecule has 7 heteroatoms. The van der Waals surface area contributed by atoms with Crippen molar-refractivity contribution in [2.45, 2.75) is 6.92 Å². The fourth-order valence-corrected chi connectivity index (χ4v) is 1.91. The Hall–Kier alpha value is -2.88. The van der Waals surface area contributed by atoms with Gasteiger partial charge in [0.1, 0.15) is 29.1 Å². The van der Waals surface area contributed by atoms with E-state index in [0.717, 1.165) is 0 Å². The van der Waals surface area contributed by atoms with Gasteiger partial charge < -0.3 is 10.5 Å². The second-order valence-corrected chi connectivity index (χ2v) is 3.97. The minimum Gasteiger partial charge on any atom is -0.464 e. The Morgan fingerprint density at radius 1 is 1.55 bits per heavy atom. The molecule has 2 N–H and O–H groups in total. The van der Waals surface area contributed by atoms with Gasteiger partial charge in [0.2, 0.25) is 0 Å². The normalized spacial score (nSPS) is 10.1. The number of anilines is 1. The molecule has 1 aromatic heterocycles. The van der Waals surface area contributed by atoms with Crippen molar-refractivity contribution in [3.8, 4) is 11.8 Å². The summed E-state index contributed by atoms with van der Waals surface area (Å²) in [4.78, 5) is 15.5. The van der Waals surface area contributed by atoms with Crippen LogP contribution in [0.25, 0.3) is 5.69 Å². The Morgan fingerprint density at radius 2 is 2.25 bits per heavy atom. The van der Waals surface area contributed by atoms with Gasteiger partial charge in [0, 0.05) is 0 Å². The number of benzene rings is 1. The molecule has 102 valence electrons. The van der Waals surface area contributed by atoms with Crippen LogP contribution in [0.5, 0.6) is 0 Å². The molecule has 0 saturated heterocycles. The minimum absolute atomic E-state index is 0.00329. The zero-order valence-corrected chi connectivity index (χ0v) is 10.8. The highest BCUT2D eigenvalue weighted by Gasteiger charge is 2.22. The number of carbonyl (C=O) groups is 1. The Bertz CT molecular complexity index is 731. The first-order chi connectivity index (χ1) is 9.51. The molecule has 2 aromatic rings. The van der Waals surface area contributed by atoms with Crippen molar-refractivity contribution in [3.05, 3.63) is 41.1 Å². The van der Waals surface area contributed by atoms with E-state index in [4.69, 9.17) is 11.0 Å². The van der Waals surface area contributed by atoms with Gasteiger partial charge in [0.05, 0.1) is 12.8 Å². The molecule has 1 heterocycles. The van der Waals surface area contributed by atoms with Crippen molar-refractivity contribution >= 4 is 11.8 Å². The summed E-state index contributed by atoms with van der Waals surface area (Å²) in [6, 6.07) is 5.91. The zero-order chi connectivity index (χ0) is 14.9. The van der Waals surface area contributed by atoms with Crippen LogP contribution in [0.1, 0.15) is 21.9 Å². The third-order valence-corrected chi connectivity index (χ3v) is 2.80. The first-order valence-corrected chi connectivity index (χ1v) is 5.63. The van der Waals surface area contributed by atoms with Gasteiger partial charge in [-0.25, -0.2) is 14.2 Å². The van der Waals surface area contributed by atoms with Crippen molar-refractivity contribution in [1.82, 2.24) is 9.55 Å². The first kappa shape index (κ1) is 13.5. The number of hydrogen-bond donors (Lipinski definition) is 1. The summed E-state index contributed by atoms with van der Waals surface area (Å²) < 4.78 is 19.6. The Balaban J connectivity index is 2.72. The number of carbonyl (C=O) groups excluding carboxylic acids is 1. The van der Waals surface area contributed by atoms with Crippen LogP contribution in [0.2, 0.25) is 0 Å². The molecule has 0 saturated carbocycles. The highest BCUT2D eigenvalue weighted by atomic mass is 19.1. The number of nitrogens with two attached hydrogens (primary N) is 1. The standard InChI is InChI=1S/C13H11FN4O2/c1-7-17-11(13(19)20-2)12(16)18(7)10-5-3-4-9(14)8(10)6-15/h3-5H,16H2,1-2H3. The Kier molecular flexibility index (Phi) is 3.39. The highest BCUT2D eigenvalue weighted by Crippen LogP contribution is 2.24. The van der Waals surface area contributed by atoms with Crippen molar-refractivity contribution < 1.29 is 13.9 Å². The van der Waals surface area contributed by atoms with Crippen LogP contribution in [0, 0.1) is 24.1 Å². The Morgan fingerprint density at radius 3 is 2.85 bits per heavy atom. The lowest BCUT2D eigenvalue weighted by atomic mass is 10.2. The molecule has 20 heavy (non-hydrogen) atoms. The lowest BCUT2D eigenvalue weighted by Gasteiger charge is -2.09. The van der Waals surface area contributed by atoms with Gasteiger partial charge in [-0.2, -0.15) is 5.26 Å². The molecule has 0 bridgehead atoms. The number of nitrogens with zero attached hydrogens (tertiary/aromatic N) is 3. The fourth-order valence-electron chi connectivity index (χ4n) is 1.91. The van der Waals surface area contributed by atoms with E-state index in [2.05, 4.69) is 9.72 Å². The molecule has 0 amide bonds. The van der Waals surface area contributed by atoms with Gasteiger partial charge >= 0.3 is 5.97 Å². The van der Waals surface area contributed by atoms with Crippen LogP contribution in [0.4, 0.5) is 10.2 Å². The summed E-state index contributed by atoms with van der Waals surface area (Å²) in [5.74, 6) is -1.02. The summed E-state index contributed by atoms with van der Waals surface area (Å²) in [5, 5.41) is 9.05. The molecular formula is C13H11FN4O2. The number of hydrogen-bond acceptors (Lipinski definition) is 5. The topological polar surface area (TPSA) is 93.9 Å². The third kappa shape index (κ3) is 1.97. The van der Waals surface area contributed by atoms with E-state index < -0.39 is 11.8 Å². The first-order valence-electron chi connectivity index (χ1n) is 5.63. The highest BCUT2D eigenvalue weighted by molar-refractivity contribution is 5.92. The molecule has 0 fully saturated rings. The monoisotopic (exact) mass is 274 g/mol. The summed E-state index contributed by atoms with van der Waals surface area (Å²) in [5.41, 5.74) is 5.84. The van der Waals surface area contributed by atoms with Gasteiger partial charge in [-0.3, -0.25) is 4.57 Å². The maximum Gasteiger partial charge on any atom is 0.360 e. The summed E-state index contributed by atoms with van der Waals surface area (Å²) in [7, 11) is 1.21. The second-order valence-electron chi connectivity index (χ2n) is 3.97. The van der Waals surface area contributed by atoms with Gasteiger partial charge in [-0.1, -0.05) is 6.07 Å². The number of methoxy groups -OCH3 is 1. The van der Waals surface area contributed by atoms with E-state index in [1.165, 1.54) is 29.9 Å². The van der Waals surface area contributed by atoms with Gasteiger partial charge in [-0.15, -0.1) is 0 Å². The maximum atomic E-state index is 13.6. The smallest absolute Gasteiger partial charge is 0.360 e. The SMILES string of the molecule is COC(=O)c1nc(C)n(-c2cccc(F)c2C#N)c1N. The number of aryl methyl sites for hydroxylation is 1. The van der Waals surface area contributed by atoms with Gasteiger partial charge in [-0.05, 0) is 19.1 Å². The molecule has 0 aliphatic carbocycles. The minimum atomic E-state index is -0.695. The Labute approximate surface area is 114 Å². The number of imidazole rings is 1. The molecule has 6 nitrogen and oxygen atoms in total. The molecule has 0 radical (unpaired) electrons. The molecule has 2 rings (SSSR count). The van der Waals surface area contributed by atoms with E-state index in [0.29, 0.717) is 5.82 Å². The lowest BCUT2D eigenvalue weighted by molar-refractivity contribution is 0.0596. The van der Waals surface area contributed by atoms with Gasteiger partial charge in [0.25, 0.3) is 0 Å². The fraction of sp³-hybridized carbons (Fsp3) is 0.154. The van der Waals surface area contributed by atoms with E-state index in [-0.39, 0.29) is 22.8 Å². The molecule has 0 atom stereocenters. The van der Waals surface area contributed by atoms with Crippen LogP contribution in [-0.4, -0.2) is 22.6 Å². The lowest BCUT2D eigenvalue weighted by Crippen LogP contribution is -2.09. The molecular weight excluding hydrogens is 263 g/mol. The van der Waals surface area contributed by atoms with E-state index in [1.54, 1.807) is 13.0 Å².